The molecule has 2 rings (SSSR count). The van der Waals surface area contributed by atoms with E-state index in [0.29, 0.717) is 13.0 Å². The lowest BCUT2D eigenvalue weighted by atomic mass is 10.00. The first-order valence-electron chi connectivity index (χ1n) is 5.88. The van der Waals surface area contributed by atoms with Crippen molar-refractivity contribution in [3.05, 3.63) is 52.5 Å². The molecule has 1 aromatic carbocycles. The summed E-state index contributed by atoms with van der Waals surface area (Å²) in [5, 5.41) is 11.9. The quantitative estimate of drug-likeness (QED) is 0.906. The maximum atomic E-state index is 11.9. The maximum Gasteiger partial charge on any atom is 0.237 e. The smallest absolute Gasteiger partial charge is 0.237 e. The van der Waals surface area contributed by atoms with Crippen molar-refractivity contribution in [2.45, 2.75) is 13.0 Å². The average molecular weight is 271 g/mol. The molecule has 0 spiro atoms. The Balaban J connectivity index is 1.90. The van der Waals surface area contributed by atoms with Crippen molar-refractivity contribution in [3.63, 3.8) is 0 Å². The first-order valence-corrected chi connectivity index (χ1v) is 6.76. The molecular formula is C14H13N3OS. The van der Waals surface area contributed by atoms with Crippen LogP contribution in [0.1, 0.15) is 10.4 Å². The molecule has 4 nitrogen and oxygen atoms in total. The van der Waals surface area contributed by atoms with E-state index in [9.17, 15) is 4.79 Å². The van der Waals surface area contributed by atoms with Gasteiger partial charge in [-0.25, -0.2) is 0 Å². The predicted octanol–water partition coefficient (Wildman–Crippen LogP) is 2.14. The summed E-state index contributed by atoms with van der Waals surface area (Å²) >= 11 is 1.48. The molecule has 0 fully saturated rings. The van der Waals surface area contributed by atoms with E-state index in [1.165, 1.54) is 11.3 Å². The summed E-state index contributed by atoms with van der Waals surface area (Å²) in [5.41, 5.74) is 2.70. The standard InChI is InChI=1S/C14H13N3OS/c15-7-12(6-11-4-2-1-3-5-11)14(18)17-9-13-8-16-10-19-13/h1-5,8,10,12H,6,9H2,(H,17,18). The zero-order valence-corrected chi connectivity index (χ0v) is 11.1. The predicted molar refractivity (Wildman–Crippen MR) is 73.2 cm³/mol. The summed E-state index contributed by atoms with van der Waals surface area (Å²) in [4.78, 5) is 16.8. The molecule has 0 radical (unpaired) electrons. The highest BCUT2D eigenvalue weighted by Crippen LogP contribution is 2.09. The van der Waals surface area contributed by atoms with Crippen LogP contribution < -0.4 is 5.32 Å². The number of hydrogen-bond acceptors (Lipinski definition) is 4. The van der Waals surface area contributed by atoms with Gasteiger partial charge in [0.05, 0.1) is 18.1 Å². The summed E-state index contributed by atoms with van der Waals surface area (Å²) in [6, 6.07) is 11.6. The van der Waals surface area contributed by atoms with E-state index in [0.717, 1.165) is 10.4 Å². The van der Waals surface area contributed by atoms with Gasteiger partial charge in [0, 0.05) is 11.1 Å². The van der Waals surface area contributed by atoms with Crippen molar-refractivity contribution in [1.82, 2.24) is 10.3 Å². The maximum absolute atomic E-state index is 11.9. The first kappa shape index (κ1) is 13.2. The average Bonchev–Trinajstić information content (AvgIpc) is 2.96. The highest BCUT2D eigenvalue weighted by atomic mass is 32.1. The second kappa shape index (κ2) is 6.66. The van der Waals surface area contributed by atoms with Gasteiger partial charge in [0.25, 0.3) is 0 Å². The fourth-order valence-corrected chi connectivity index (χ4v) is 2.21. The van der Waals surface area contributed by atoms with Crippen molar-refractivity contribution in [2.75, 3.05) is 0 Å². The van der Waals surface area contributed by atoms with E-state index in [4.69, 9.17) is 5.26 Å². The van der Waals surface area contributed by atoms with Crippen LogP contribution in [0.3, 0.4) is 0 Å². The number of thiazole rings is 1. The largest absolute Gasteiger partial charge is 0.350 e. The van der Waals surface area contributed by atoms with Gasteiger partial charge in [-0.3, -0.25) is 9.78 Å². The third-order valence-electron chi connectivity index (χ3n) is 2.68. The topological polar surface area (TPSA) is 65.8 Å². The molecule has 0 aliphatic carbocycles. The van der Waals surface area contributed by atoms with Crippen molar-refractivity contribution in [3.8, 4) is 6.07 Å². The van der Waals surface area contributed by atoms with Crippen LogP contribution in [0.2, 0.25) is 0 Å². The van der Waals surface area contributed by atoms with Gasteiger partial charge in [-0.05, 0) is 12.0 Å². The van der Waals surface area contributed by atoms with Crippen LogP contribution in [-0.2, 0) is 17.8 Å². The Morgan fingerprint density at radius 2 is 2.21 bits per heavy atom. The monoisotopic (exact) mass is 271 g/mol. The fourth-order valence-electron chi connectivity index (χ4n) is 1.67. The summed E-state index contributed by atoms with van der Waals surface area (Å²) in [5.74, 6) is -0.893. The van der Waals surface area contributed by atoms with E-state index >= 15 is 0 Å². The van der Waals surface area contributed by atoms with Crippen LogP contribution in [0.25, 0.3) is 0 Å². The Kier molecular flexibility index (Phi) is 4.65. The third kappa shape index (κ3) is 3.90. The normalized spacial score (nSPS) is 11.5. The van der Waals surface area contributed by atoms with Crippen molar-refractivity contribution in [2.24, 2.45) is 5.92 Å². The van der Waals surface area contributed by atoms with Gasteiger partial charge in [0.2, 0.25) is 5.91 Å². The Morgan fingerprint density at radius 3 is 2.84 bits per heavy atom. The molecule has 0 saturated carbocycles. The number of carbonyl (C=O) groups is 1. The van der Waals surface area contributed by atoms with E-state index in [2.05, 4.69) is 16.4 Å². The van der Waals surface area contributed by atoms with Gasteiger partial charge in [-0.1, -0.05) is 30.3 Å². The number of rotatable bonds is 5. The minimum Gasteiger partial charge on any atom is -0.350 e. The number of aromatic nitrogens is 1. The summed E-state index contributed by atoms with van der Waals surface area (Å²) in [6.45, 7) is 0.427. The van der Waals surface area contributed by atoms with Crippen molar-refractivity contribution >= 4 is 17.2 Å². The Morgan fingerprint density at radius 1 is 1.42 bits per heavy atom. The number of nitrogens with one attached hydrogen (secondary N) is 1. The molecule has 96 valence electrons. The number of amides is 1. The van der Waals surface area contributed by atoms with E-state index < -0.39 is 5.92 Å². The Bertz CT molecular complexity index is 560. The molecule has 1 heterocycles. The number of nitrogens with zero attached hydrogens (tertiary/aromatic N) is 2. The van der Waals surface area contributed by atoms with Gasteiger partial charge < -0.3 is 5.32 Å². The third-order valence-corrected chi connectivity index (χ3v) is 3.45. The molecule has 1 aromatic heterocycles. The molecule has 0 aliphatic heterocycles. The highest BCUT2D eigenvalue weighted by molar-refractivity contribution is 7.09. The second-order valence-corrected chi connectivity index (χ2v) is 5.03. The number of benzene rings is 1. The summed E-state index contributed by atoms with van der Waals surface area (Å²) in [7, 11) is 0. The SMILES string of the molecule is N#CC(Cc1ccccc1)C(=O)NCc1cncs1. The van der Waals surface area contributed by atoms with E-state index in [1.807, 2.05) is 30.3 Å². The van der Waals surface area contributed by atoms with Crippen LogP contribution in [0.4, 0.5) is 0 Å². The fraction of sp³-hybridized carbons (Fsp3) is 0.214. The molecular weight excluding hydrogens is 258 g/mol. The molecule has 2 aromatic rings. The van der Waals surface area contributed by atoms with Gasteiger partial charge in [0.1, 0.15) is 5.92 Å². The number of hydrogen-bond donors (Lipinski definition) is 1. The van der Waals surface area contributed by atoms with Crippen molar-refractivity contribution < 1.29 is 4.79 Å². The Hall–Kier alpha value is -2.19. The Labute approximate surface area is 115 Å². The first-order chi connectivity index (χ1) is 9.29. The molecule has 0 bridgehead atoms. The van der Waals surface area contributed by atoms with E-state index in [1.54, 1.807) is 11.7 Å². The second-order valence-electron chi connectivity index (χ2n) is 4.06. The molecule has 1 amide bonds. The molecule has 0 aliphatic rings. The van der Waals surface area contributed by atoms with Gasteiger partial charge >= 0.3 is 0 Å². The highest BCUT2D eigenvalue weighted by Gasteiger charge is 2.18. The lowest BCUT2D eigenvalue weighted by molar-refractivity contribution is -0.123. The van der Waals surface area contributed by atoms with Crippen LogP contribution >= 0.6 is 11.3 Å². The molecule has 1 unspecified atom stereocenters. The van der Waals surface area contributed by atoms with E-state index in [-0.39, 0.29) is 5.91 Å². The lowest BCUT2D eigenvalue weighted by Gasteiger charge is -2.09. The van der Waals surface area contributed by atoms with Crippen LogP contribution in [0, 0.1) is 17.2 Å². The zero-order chi connectivity index (χ0) is 13.5. The summed E-state index contributed by atoms with van der Waals surface area (Å²) < 4.78 is 0. The minimum atomic E-state index is -0.657. The van der Waals surface area contributed by atoms with Crippen LogP contribution in [-0.4, -0.2) is 10.9 Å². The minimum absolute atomic E-state index is 0.236. The zero-order valence-electron chi connectivity index (χ0n) is 10.2. The molecule has 0 saturated heterocycles. The van der Waals surface area contributed by atoms with Crippen LogP contribution in [0.15, 0.2) is 42.0 Å². The number of nitriles is 1. The van der Waals surface area contributed by atoms with Crippen molar-refractivity contribution in [1.29, 1.82) is 5.26 Å². The molecule has 5 heteroatoms. The van der Waals surface area contributed by atoms with Gasteiger partial charge in [0.15, 0.2) is 0 Å². The molecule has 1 N–H and O–H groups in total. The molecule has 19 heavy (non-hydrogen) atoms. The van der Waals surface area contributed by atoms with Crippen LogP contribution in [0.5, 0.6) is 0 Å². The number of carbonyl (C=O) groups excluding carboxylic acids is 1. The molecule has 1 atom stereocenters. The lowest BCUT2D eigenvalue weighted by Crippen LogP contribution is -2.30. The van der Waals surface area contributed by atoms with Gasteiger partial charge in [-0.15, -0.1) is 11.3 Å². The van der Waals surface area contributed by atoms with Gasteiger partial charge in [-0.2, -0.15) is 5.26 Å². The summed E-state index contributed by atoms with van der Waals surface area (Å²) in [6.07, 6.45) is 2.15.